The molecule has 1 aromatic heterocycles. The average Bonchev–Trinajstić information content (AvgIpc) is 3.18. The number of benzene rings is 2. The zero-order chi connectivity index (χ0) is 19.4. The van der Waals surface area contributed by atoms with Gasteiger partial charge in [-0.15, -0.1) is 10.2 Å². The van der Waals surface area contributed by atoms with Crippen LogP contribution in [0.4, 0.5) is 0 Å². The number of methoxy groups -OCH3 is 1. The second kappa shape index (κ2) is 9.05. The second-order valence-electron chi connectivity index (χ2n) is 5.25. The molecule has 3 rings (SSSR count). The first-order chi connectivity index (χ1) is 13.0. The van der Waals surface area contributed by atoms with Crippen molar-refractivity contribution in [2.45, 2.75) is 6.61 Å². The number of rotatable bonds is 6. The highest BCUT2D eigenvalue weighted by Gasteiger charge is 2.17. The number of halogens is 4. The molecule has 1 heterocycles. The summed E-state index contributed by atoms with van der Waals surface area (Å²) >= 11 is 19.1. The SMILES string of the molecule is COc1cc(/C=N\n2cnnc2)c(Br)c(Br)c1OCc1ccc(Cl)c(Cl)c1. The van der Waals surface area contributed by atoms with Gasteiger partial charge in [0.25, 0.3) is 0 Å². The van der Waals surface area contributed by atoms with Crippen LogP contribution in [0.1, 0.15) is 11.1 Å². The summed E-state index contributed by atoms with van der Waals surface area (Å²) in [6.45, 7) is 0.298. The largest absolute Gasteiger partial charge is 0.493 e. The Kier molecular flexibility index (Phi) is 6.75. The first-order valence-electron chi connectivity index (χ1n) is 7.51. The second-order valence-corrected chi connectivity index (χ2v) is 7.65. The van der Waals surface area contributed by atoms with E-state index in [1.807, 2.05) is 12.1 Å². The maximum Gasteiger partial charge on any atom is 0.177 e. The van der Waals surface area contributed by atoms with Crippen LogP contribution in [0.15, 0.2) is 51.0 Å². The van der Waals surface area contributed by atoms with Crippen LogP contribution in [0.3, 0.4) is 0 Å². The number of hydrogen-bond acceptors (Lipinski definition) is 5. The molecule has 3 aromatic rings. The fourth-order valence-electron chi connectivity index (χ4n) is 2.15. The van der Waals surface area contributed by atoms with E-state index < -0.39 is 0 Å². The van der Waals surface area contributed by atoms with Crippen LogP contribution in [-0.2, 0) is 6.61 Å². The van der Waals surface area contributed by atoms with E-state index in [9.17, 15) is 0 Å². The Hall–Kier alpha value is -1.61. The number of nitrogens with zero attached hydrogens (tertiary/aromatic N) is 4. The molecule has 0 bridgehead atoms. The van der Waals surface area contributed by atoms with Crippen molar-refractivity contribution in [2.75, 3.05) is 7.11 Å². The van der Waals surface area contributed by atoms with E-state index >= 15 is 0 Å². The van der Waals surface area contributed by atoms with Crippen molar-refractivity contribution in [3.05, 3.63) is 67.0 Å². The Bertz CT molecular complexity index is 982. The lowest BCUT2D eigenvalue weighted by Gasteiger charge is -2.15. The van der Waals surface area contributed by atoms with Crippen molar-refractivity contribution in [2.24, 2.45) is 5.10 Å². The number of ether oxygens (including phenoxy) is 2. The van der Waals surface area contributed by atoms with Gasteiger partial charge >= 0.3 is 0 Å². The molecule has 6 nitrogen and oxygen atoms in total. The van der Waals surface area contributed by atoms with Crippen LogP contribution >= 0.6 is 55.1 Å². The van der Waals surface area contributed by atoms with Crippen molar-refractivity contribution in [1.29, 1.82) is 0 Å². The van der Waals surface area contributed by atoms with Gasteiger partial charge < -0.3 is 9.47 Å². The van der Waals surface area contributed by atoms with Crippen molar-refractivity contribution in [3.8, 4) is 11.5 Å². The zero-order valence-corrected chi connectivity index (χ0v) is 18.5. The summed E-state index contributed by atoms with van der Waals surface area (Å²) in [6.07, 6.45) is 4.64. The summed E-state index contributed by atoms with van der Waals surface area (Å²) < 4.78 is 14.4. The molecule has 0 spiro atoms. The Labute approximate surface area is 182 Å². The standard InChI is InChI=1S/C17H12Br2Cl2N4O2/c1-26-14-5-11(6-24-25-8-22-23-9-25)15(18)16(19)17(14)27-7-10-2-3-12(20)13(21)4-10/h2-6,8-9H,7H2,1H3/b24-6-. The zero-order valence-electron chi connectivity index (χ0n) is 13.9. The van der Waals surface area contributed by atoms with Crippen LogP contribution in [0.25, 0.3) is 0 Å². The molecule has 10 heteroatoms. The Balaban J connectivity index is 1.86. The maximum absolute atomic E-state index is 6.05. The highest BCUT2D eigenvalue weighted by Crippen LogP contribution is 2.42. The molecule has 2 aromatic carbocycles. The Morgan fingerprint density at radius 2 is 1.85 bits per heavy atom. The van der Waals surface area contributed by atoms with Gasteiger partial charge in [0.1, 0.15) is 19.3 Å². The van der Waals surface area contributed by atoms with Crippen molar-refractivity contribution >= 4 is 61.3 Å². The third kappa shape index (κ3) is 4.82. The molecule has 0 aliphatic carbocycles. The molecule has 27 heavy (non-hydrogen) atoms. The van der Waals surface area contributed by atoms with Crippen molar-refractivity contribution in [3.63, 3.8) is 0 Å². The highest BCUT2D eigenvalue weighted by molar-refractivity contribution is 9.13. The van der Waals surface area contributed by atoms with Gasteiger partial charge in [-0.3, -0.25) is 0 Å². The molecule has 0 unspecified atom stereocenters. The lowest BCUT2D eigenvalue weighted by molar-refractivity contribution is 0.282. The van der Waals surface area contributed by atoms with E-state index in [4.69, 9.17) is 32.7 Å². The van der Waals surface area contributed by atoms with Gasteiger partial charge in [-0.2, -0.15) is 5.10 Å². The third-order valence-electron chi connectivity index (χ3n) is 3.48. The molecular weight excluding hydrogens is 523 g/mol. The summed E-state index contributed by atoms with van der Waals surface area (Å²) in [7, 11) is 1.57. The molecule has 0 atom stereocenters. The van der Waals surface area contributed by atoms with Crippen LogP contribution in [0.5, 0.6) is 11.5 Å². The quantitative estimate of drug-likeness (QED) is 0.387. The first-order valence-corrected chi connectivity index (χ1v) is 9.85. The average molecular weight is 535 g/mol. The van der Waals surface area contributed by atoms with E-state index in [1.165, 1.54) is 17.3 Å². The van der Waals surface area contributed by atoms with E-state index in [-0.39, 0.29) is 0 Å². The van der Waals surface area contributed by atoms with E-state index in [0.29, 0.717) is 32.6 Å². The fraction of sp³-hybridized carbons (Fsp3) is 0.118. The van der Waals surface area contributed by atoms with Crippen molar-refractivity contribution < 1.29 is 9.47 Å². The van der Waals surface area contributed by atoms with Crippen LogP contribution in [-0.4, -0.2) is 28.2 Å². The minimum Gasteiger partial charge on any atom is -0.493 e. The van der Waals surface area contributed by atoms with Gasteiger partial charge in [0.15, 0.2) is 11.5 Å². The molecule has 0 saturated heterocycles. The number of hydrogen-bond donors (Lipinski definition) is 0. The summed E-state index contributed by atoms with van der Waals surface area (Å²) in [5, 5.41) is 12.6. The molecular formula is C17H12Br2Cl2N4O2. The van der Waals surface area contributed by atoms with Crippen LogP contribution < -0.4 is 9.47 Å². The Morgan fingerprint density at radius 3 is 2.52 bits per heavy atom. The molecule has 0 saturated carbocycles. The molecule has 0 aliphatic rings. The molecule has 0 radical (unpaired) electrons. The van der Waals surface area contributed by atoms with E-state index in [1.54, 1.807) is 25.5 Å². The van der Waals surface area contributed by atoms with Crippen molar-refractivity contribution in [1.82, 2.24) is 14.9 Å². The summed E-state index contributed by atoms with van der Waals surface area (Å²) in [4.78, 5) is 0. The van der Waals surface area contributed by atoms with Gasteiger partial charge in [-0.05, 0) is 55.6 Å². The molecule has 0 N–H and O–H groups in total. The van der Waals surface area contributed by atoms with Gasteiger partial charge in [0, 0.05) is 10.0 Å². The van der Waals surface area contributed by atoms with Gasteiger partial charge in [-0.25, -0.2) is 4.68 Å². The summed E-state index contributed by atoms with van der Waals surface area (Å²) in [5.74, 6) is 1.10. The summed E-state index contributed by atoms with van der Waals surface area (Å²) in [5.41, 5.74) is 1.67. The van der Waals surface area contributed by atoms with Gasteiger partial charge in [0.2, 0.25) is 0 Å². The molecule has 0 aliphatic heterocycles. The van der Waals surface area contributed by atoms with Crippen LogP contribution in [0.2, 0.25) is 10.0 Å². The molecule has 0 amide bonds. The van der Waals surface area contributed by atoms with E-state index in [0.717, 1.165) is 15.6 Å². The number of aromatic nitrogens is 3. The molecule has 0 fully saturated rings. The first kappa shape index (κ1) is 20.1. The van der Waals surface area contributed by atoms with Crippen LogP contribution in [0, 0.1) is 0 Å². The highest BCUT2D eigenvalue weighted by atomic mass is 79.9. The lowest BCUT2D eigenvalue weighted by atomic mass is 10.2. The predicted octanol–water partition coefficient (Wildman–Crippen LogP) is 5.58. The van der Waals surface area contributed by atoms with Gasteiger partial charge in [-0.1, -0.05) is 29.3 Å². The van der Waals surface area contributed by atoms with E-state index in [2.05, 4.69) is 47.2 Å². The summed E-state index contributed by atoms with van der Waals surface area (Å²) in [6, 6.07) is 7.16. The third-order valence-corrected chi connectivity index (χ3v) is 6.36. The molecule has 140 valence electrons. The normalized spacial score (nSPS) is 11.1. The minimum atomic E-state index is 0.298. The Morgan fingerprint density at radius 1 is 1.11 bits per heavy atom. The smallest absolute Gasteiger partial charge is 0.177 e. The van der Waals surface area contributed by atoms with Gasteiger partial charge in [0.05, 0.1) is 27.8 Å². The monoisotopic (exact) mass is 532 g/mol. The maximum atomic E-state index is 6.05. The topological polar surface area (TPSA) is 61.5 Å². The lowest BCUT2D eigenvalue weighted by Crippen LogP contribution is -2.01. The minimum absolute atomic E-state index is 0.298. The fourth-order valence-corrected chi connectivity index (χ4v) is 3.41. The predicted molar refractivity (Wildman–Crippen MR) is 112 cm³/mol.